The van der Waals surface area contributed by atoms with Gasteiger partial charge in [-0.1, -0.05) is 6.07 Å². The molecule has 0 unspecified atom stereocenters. The molecular weight excluding hydrogens is 241 g/mol. The fourth-order valence-electron chi connectivity index (χ4n) is 2.48. The Bertz CT molecular complexity index is 400. The topological polar surface area (TPSA) is 32.5 Å². The lowest BCUT2D eigenvalue weighted by Crippen LogP contribution is -2.44. The first-order valence-corrected chi connectivity index (χ1v) is 7.12. The first kappa shape index (κ1) is 14.3. The monoisotopic (exact) mass is 265 g/mol. The molecule has 2 N–H and O–H groups in total. The third kappa shape index (κ3) is 3.91. The molecule has 0 bridgehead atoms. The summed E-state index contributed by atoms with van der Waals surface area (Å²) in [6.07, 6.45) is 2.95. The zero-order valence-corrected chi connectivity index (χ0v) is 11.7. The number of nitrogens with two attached hydrogens (primary N) is 1. The van der Waals surface area contributed by atoms with Gasteiger partial charge in [-0.25, -0.2) is 4.39 Å². The van der Waals surface area contributed by atoms with Gasteiger partial charge in [0.25, 0.3) is 0 Å². The van der Waals surface area contributed by atoms with E-state index in [0.29, 0.717) is 6.54 Å². The van der Waals surface area contributed by atoms with Crippen molar-refractivity contribution in [2.24, 2.45) is 5.73 Å². The van der Waals surface area contributed by atoms with E-state index in [-0.39, 0.29) is 5.82 Å². The van der Waals surface area contributed by atoms with Crippen molar-refractivity contribution >= 4 is 5.69 Å². The highest BCUT2D eigenvalue weighted by molar-refractivity contribution is 5.49. The smallest absolute Gasteiger partial charge is 0.146 e. The second-order valence-corrected chi connectivity index (χ2v) is 5.32. The van der Waals surface area contributed by atoms with Crippen molar-refractivity contribution < 1.29 is 4.39 Å². The van der Waals surface area contributed by atoms with Crippen LogP contribution in [-0.4, -0.2) is 44.7 Å². The summed E-state index contributed by atoms with van der Waals surface area (Å²) in [6, 6.07) is 5.66. The summed E-state index contributed by atoms with van der Waals surface area (Å²) < 4.78 is 14.2. The van der Waals surface area contributed by atoms with Gasteiger partial charge in [0.05, 0.1) is 5.69 Å². The van der Waals surface area contributed by atoms with Gasteiger partial charge in [-0.2, -0.15) is 0 Å². The molecule has 1 fully saturated rings. The maximum absolute atomic E-state index is 14.2. The average Bonchev–Trinajstić information content (AvgIpc) is 2.41. The number of hydrogen-bond acceptors (Lipinski definition) is 3. The minimum absolute atomic E-state index is 0.0881. The fraction of sp³-hybridized carbons (Fsp3) is 0.600. The van der Waals surface area contributed by atoms with Gasteiger partial charge in [0.1, 0.15) is 5.82 Å². The van der Waals surface area contributed by atoms with Crippen molar-refractivity contribution in [3.63, 3.8) is 0 Å². The van der Waals surface area contributed by atoms with E-state index in [0.717, 1.165) is 56.7 Å². The van der Waals surface area contributed by atoms with Crippen LogP contribution in [0.2, 0.25) is 0 Å². The molecule has 3 nitrogen and oxygen atoms in total. The highest BCUT2D eigenvalue weighted by Crippen LogP contribution is 2.22. The lowest BCUT2D eigenvalue weighted by atomic mass is 10.1. The molecule has 1 heterocycles. The van der Waals surface area contributed by atoms with Crippen molar-refractivity contribution in [3.8, 4) is 0 Å². The van der Waals surface area contributed by atoms with E-state index >= 15 is 0 Å². The molecular formula is C15H24FN3. The zero-order valence-electron chi connectivity index (χ0n) is 11.7. The molecule has 1 saturated heterocycles. The molecule has 0 spiro atoms. The Morgan fingerprint density at radius 2 is 1.89 bits per heavy atom. The van der Waals surface area contributed by atoms with Gasteiger partial charge in [-0.05, 0) is 50.6 Å². The maximum Gasteiger partial charge on any atom is 0.146 e. The summed E-state index contributed by atoms with van der Waals surface area (Å²) >= 11 is 0. The molecule has 1 aromatic carbocycles. The Morgan fingerprint density at radius 3 is 2.53 bits per heavy atom. The van der Waals surface area contributed by atoms with Crippen LogP contribution in [0.5, 0.6) is 0 Å². The third-order valence-electron chi connectivity index (χ3n) is 3.78. The van der Waals surface area contributed by atoms with E-state index in [1.807, 2.05) is 12.1 Å². The highest BCUT2D eigenvalue weighted by atomic mass is 19.1. The molecule has 0 aromatic heterocycles. The van der Waals surface area contributed by atoms with Gasteiger partial charge in [-0.15, -0.1) is 0 Å². The predicted octanol–water partition coefficient (Wildman–Crippen LogP) is 1.86. The maximum atomic E-state index is 14.2. The quantitative estimate of drug-likeness (QED) is 0.825. The molecule has 19 heavy (non-hydrogen) atoms. The fourth-order valence-corrected chi connectivity index (χ4v) is 2.48. The number of likely N-dealkylation sites (N-methyl/N-ethyl adjacent to an activating group) is 1. The van der Waals surface area contributed by atoms with Crippen LogP contribution in [-0.2, 0) is 6.42 Å². The Hall–Kier alpha value is -1.13. The molecule has 0 aliphatic carbocycles. The highest BCUT2D eigenvalue weighted by Gasteiger charge is 2.17. The number of benzene rings is 1. The second-order valence-electron chi connectivity index (χ2n) is 5.32. The summed E-state index contributed by atoms with van der Waals surface area (Å²) in [5.74, 6) is -0.0881. The number of piperazine rings is 1. The van der Waals surface area contributed by atoms with Crippen LogP contribution in [0.3, 0.4) is 0 Å². The van der Waals surface area contributed by atoms with Gasteiger partial charge in [0.15, 0.2) is 0 Å². The van der Waals surface area contributed by atoms with E-state index in [1.165, 1.54) is 0 Å². The standard InChI is InChI=1S/C15H24FN3/c1-18-8-10-19(11-9-18)15-6-5-13(12-14(15)16)4-2-3-7-17/h5-6,12H,2-4,7-11,17H2,1H3. The zero-order chi connectivity index (χ0) is 13.7. The lowest BCUT2D eigenvalue weighted by Gasteiger charge is -2.34. The molecule has 1 aromatic rings. The number of anilines is 1. The number of aryl methyl sites for hydroxylation is 1. The molecule has 4 heteroatoms. The first-order chi connectivity index (χ1) is 9.20. The molecule has 1 aliphatic heterocycles. The number of rotatable bonds is 5. The molecule has 0 saturated carbocycles. The van der Waals surface area contributed by atoms with Crippen molar-refractivity contribution in [2.75, 3.05) is 44.7 Å². The van der Waals surface area contributed by atoms with Crippen LogP contribution in [0.1, 0.15) is 18.4 Å². The first-order valence-electron chi connectivity index (χ1n) is 7.12. The van der Waals surface area contributed by atoms with Gasteiger partial charge < -0.3 is 15.5 Å². The predicted molar refractivity (Wildman–Crippen MR) is 78.1 cm³/mol. The summed E-state index contributed by atoms with van der Waals surface area (Å²) in [5, 5.41) is 0. The van der Waals surface area contributed by atoms with Gasteiger partial charge in [0, 0.05) is 26.2 Å². The number of hydrogen-bond donors (Lipinski definition) is 1. The third-order valence-corrected chi connectivity index (χ3v) is 3.78. The summed E-state index contributed by atoms with van der Waals surface area (Å²) in [7, 11) is 2.11. The molecule has 106 valence electrons. The van der Waals surface area contributed by atoms with Crippen LogP contribution in [0.4, 0.5) is 10.1 Å². The molecule has 2 rings (SSSR count). The summed E-state index contributed by atoms with van der Waals surface area (Å²) in [6.45, 7) is 4.51. The molecule has 0 atom stereocenters. The Labute approximate surface area is 115 Å². The molecule has 0 amide bonds. The van der Waals surface area contributed by atoms with Crippen LogP contribution < -0.4 is 10.6 Å². The van der Waals surface area contributed by atoms with Gasteiger partial charge in [0.2, 0.25) is 0 Å². The second kappa shape index (κ2) is 6.87. The Morgan fingerprint density at radius 1 is 1.16 bits per heavy atom. The average molecular weight is 265 g/mol. The van der Waals surface area contributed by atoms with Gasteiger partial charge in [-0.3, -0.25) is 0 Å². The largest absolute Gasteiger partial charge is 0.367 e. The van der Waals surface area contributed by atoms with Crippen LogP contribution >= 0.6 is 0 Å². The van der Waals surface area contributed by atoms with Crippen LogP contribution in [0.15, 0.2) is 18.2 Å². The van der Waals surface area contributed by atoms with Gasteiger partial charge >= 0.3 is 0 Å². The minimum atomic E-state index is -0.0881. The van der Waals surface area contributed by atoms with E-state index in [2.05, 4.69) is 16.8 Å². The van der Waals surface area contributed by atoms with Crippen molar-refractivity contribution in [1.82, 2.24) is 4.90 Å². The molecule has 0 radical (unpaired) electrons. The Kier molecular flexibility index (Phi) is 5.16. The number of halogens is 1. The van der Waals surface area contributed by atoms with Crippen molar-refractivity contribution in [1.29, 1.82) is 0 Å². The lowest BCUT2D eigenvalue weighted by molar-refractivity contribution is 0.311. The summed E-state index contributed by atoms with van der Waals surface area (Å²) in [5.41, 5.74) is 7.29. The Balaban J connectivity index is 1.98. The number of nitrogens with zero attached hydrogens (tertiary/aromatic N) is 2. The SMILES string of the molecule is CN1CCN(c2ccc(CCCCN)cc2F)CC1. The normalized spacial score (nSPS) is 16.9. The van der Waals surface area contributed by atoms with Crippen molar-refractivity contribution in [3.05, 3.63) is 29.6 Å². The van der Waals surface area contributed by atoms with E-state index < -0.39 is 0 Å². The summed E-state index contributed by atoms with van der Waals surface area (Å²) in [4.78, 5) is 4.41. The minimum Gasteiger partial charge on any atom is -0.367 e. The van der Waals surface area contributed by atoms with E-state index in [9.17, 15) is 4.39 Å². The number of unbranched alkanes of at least 4 members (excludes halogenated alkanes) is 1. The van der Waals surface area contributed by atoms with E-state index in [1.54, 1.807) is 6.07 Å². The molecule has 1 aliphatic rings. The van der Waals surface area contributed by atoms with E-state index in [4.69, 9.17) is 5.73 Å². The van der Waals surface area contributed by atoms with Crippen LogP contribution in [0.25, 0.3) is 0 Å². The van der Waals surface area contributed by atoms with Crippen molar-refractivity contribution in [2.45, 2.75) is 19.3 Å². The van der Waals surface area contributed by atoms with Crippen LogP contribution in [0, 0.1) is 5.82 Å².